The molecule has 1 fully saturated rings. The van der Waals surface area contributed by atoms with Crippen molar-refractivity contribution in [3.63, 3.8) is 0 Å². The van der Waals surface area contributed by atoms with E-state index in [-0.39, 0.29) is 6.61 Å². The van der Waals surface area contributed by atoms with Crippen molar-refractivity contribution in [2.45, 2.75) is 37.4 Å². The molecule has 2 rings (SSSR count). The highest BCUT2D eigenvalue weighted by molar-refractivity contribution is 5.22. The quantitative estimate of drug-likeness (QED) is 0.557. The minimum absolute atomic E-state index is 0.172. The maximum absolute atomic E-state index is 9.52. The second kappa shape index (κ2) is 2.54. The first kappa shape index (κ1) is 9.15. The van der Waals surface area contributed by atoms with E-state index in [2.05, 4.69) is 0 Å². The van der Waals surface area contributed by atoms with Crippen molar-refractivity contribution in [3.05, 3.63) is 12.2 Å². The van der Waals surface area contributed by atoms with Crippen LogP contribution in [-0.2, 0) is 9.47 Å². The van der Waals surface area contributed by atoms with Crippen molar-refractivity contribution < 1.29 is 19.7 Å². The van der Waals surface area contributed by atoms with E-state index in [1.165, 1.54) is 0 Å². The van der Waals surface area contributed by atoms with Gasteiger partial charge in [-0.3, -0.25) is 0 Å². The van der Waals surface area contributed by atoms with Crippen LogP contribution in [0.1, 0.15) is 13.8 Å². The van der Waals surface area contributed by atoms with Gasteiger partial charge >= 0.3 is 0 Å². The van der Waals surface area contributed by atoms with Crippen LogP contribution in [0.4, 0.5) is 0 Å². The number of aliphatic hydroxyl groups excluding tert-OH is 2. The van der Waals surface area contributed by atoms with Crippen molar-refractivity contribution in [2.75, 3.05) is 6.61 Å². The first-order valence-corrected chi connectivity index (χ1v) is 4.35. The summed E-state index contributed by atoms with van der Waals surface area (Å²) in [6.07, 6.45) is 2.11. The van der Waals surface area contributed by atoms with Crippen molar-refractivity contribution >= 4 is 0 Å². The highest BCUT2D eigenvalue weighted by atomic mass is 16.8. The van der Waals surface area contributed by atoms with E-state index in [0.29, 0.717) is 0 Å². The van der Waals surface area contributed by atoms with Gasteiger partial charge in [0.25, 0.3) is 0 Å². The summed E-state index contributed by atoms with van der Waals surface area (Å²) < 4.78 is 11.0. The predicted molar refractivity (Wildman–Crippen MR) is 45.0 cm³/mol. The van der Waals surface area contributed by atoms with Crippen LogP contribution in [-0.4, -0.2) is 40.4 Å². The Balaban J connectivity index is 2.29. The molecule has 0 aromatic rings. The van der Waals surface area contributed by atoms with Gasteiger partial charge in [-0.25, -0.2) is 0 Å². The Morgan fingerprint density at radius 2 is 2.15 bits per heavy atom. The maximum atomic E-state index is 9.52. The van der Waals surface area contributed by atoms with Crippen LogP contribution < -0.4 is 0 Å². The largest absolute Gasteiger partial charge is 0.393 e. The molecule has 0 bridgehead atoms. The zero-order valence-corrected chi connectivity index (χ0v) is 7.73. The summed E-state index contributed by atoms with van der Waals surface area (Å²) >= 11 is 0. The molecule has 74 valence electrons. The van der Waals surface area contributed by atoms with Crippen LogP contribution in [0, 0.1) is 0 Å². The van der Waals surface area contributed by atoms with E-state index in [0.717, 1.165) is 0 Å². The van der Waals surface area contributed by atoms with E-state index >= 15 is 0 Å². The number of aliphatic hydroxyl groups is 2. The van der Waals surface area contributed by atoms with Gasteiger partial charge in [-0.15, -0.1) is 0 Å². The zero-order valence-electron chi connectivity index (χ0n) is 7.73. The van der Waals surface area contributed by atoms with E-state index in [1.54, 1.807) is 26.0 Å². The predicted octanol–water partition coefficient (Wildman–Crippen LogP) is -0.200. The zero-order chi connectivity index (χ0) is 9.69. The van der Waals surface area contributed by atoms with E-state index < -0.39 is 23.6 Å². The Bertz CT molecular complexity index is 248. The fraction of sp³-hybridized carbons (Fsp3) is 0.778. The SMILES string of the molecule is CC1(C)O[C@H]2[C@@H](O)C=C[C@@]2(CO)O1. The molecular formula is C9H14O4. The lowest BCUT2D eigenvalue weighted by Gasteiger charge is -2.24. The summed E-state index contributed by atoms with van der Waals surface area (Å²) in [6.45, 7) is 3.36. The van der Waals surface area contributed by atoms with Crippen molar-refractivity contribution in [1.82, 2.24) is 0 Å². The number of ether oxygens (including phenoxy) is 2. The minimum atomic E-state index is -0.844. The van der Waals surface area contributed by atoms with Crippen molar-refractivity contribution in [1.29, 1.82) is 0 Å². The molecule has 4 heteroatoms. The molecule has 0 saturated carbocycles. The smallest absolute Gasteiger partial charge is 0.164 e. The highest BCUT2D eigenvalue weighted by Crippen LogP contribution is 2.42. The Hall–Kier alpha value is -0.420. The van der Waals surface area contributed by atoms with Crippen LogP contribution in [0.15, 0.2) is 12.2 Å². The molecule has 2 aliphatic rings. The Kier molecular flexibility index (Phi) is 1.79. The third kappa shape index (κ3) is 1.21. The van der Waals surface area contributed by atoms with Gasteiger partial charge in [0.05, 0.1) is 6.61 Å². The first-order valence-electron chi connectivity index (χ1n) is 4.35. The third-order valence-electron chi connectivity index (χ3n) is 2.46. The summed E-state index contributed by atoms with van der Waals surface area (Å²) in [7, 11) is 0. The Morgan fingerprint density at radius 1 is 1.46 bits per heavy atom. The van der Waals surface area contributed by atoms with Crippen LogP contribution in [0.5, 0.6) is 0 Å². The van der Waals surface area contributed by atoms with Crippen molar-refractivity contribution in [2.24, 2.45) is 0 Å². The fourth-order valence-corrected chi connectivity index (χ4v) is 1.97. The molecule has 13 heavy (non-hydrogen) atoms. The van der Waals surface area contributed by atoms with Gasteiger partial charge in [0.15, 0.2) is 5.79 Å². The number of fused-ring (bicyclic) bond motifs is 1. The second-order valence-corrected chi connectivity index (χ2v) is 4.00. The molecule has 2 N–H and O–H groups in total. The van der Waals surface area contributed by atoms with E-state index in [4.69, 9.17) is 9.47 Å². The fourth-order valence-electron chi connectivity index (χ4n) is 1.97. The standard InChI is InChI=1S/C9H14O4/c1-8(2)12-7-6(11)3-4-9(7,5-10)13-8/h3-4,6-7,10-11H,5H2,1-2H3/t6-,7-,9-/m0/s1. The van der Waals surface area contributed by atoms with Gasteiger partial charge in [0, 0.05) is 0 Å². The molecule has 1 heterocycles. The van der Waals surface area contributed by atoms with Gasteiger partial charge in [-0.2, -0.15) is 0 Å². The van der Waals surface area contributed by atoms with Crippen LogP contribution in [0.3, 0.4) is 0 Å². The maximum Gasteiger partial charge on any atom is 0.164 e. The average molecular weight is 186 g/mol. The van der Waals surface area contributed by atoms with Crippen molar-refractivity contribution in [3.8, 4) is 0 Å². The molecule has 0 amide bonds. The molecule has 1 saturated heterocycles. The summed E-state index contributed by atoms with van der Waals surface area (Å²) in [6, 6.07) is 0. The van der Waals surface area contributed by atoms with E-state index in [9.17, 15) is 10.2 Å². The topological polar surface area (TPSA) is 58.9 Å². The van der Waals surface area contributed by atoms with Gasteiger partial charge in [-0.05, 0) is 19.9 Å². The molecule has 0 spiro atoms. The molecule has 0 aromatic heterocycles. The molecule has 0 unspecified atom stereocenters. The van der Waals surface area contributed by atoms with E-state index in [1.807, 2.05) is 0 Å². The molecule has 1 aliphatic heterocycles. The lowest BCUT2D eigenvalue weighted by atomic mass is 10.0. The van der Waals surface area contributed by atoms with Gasteiger partial charge in [0.2, 0.25) is 0 Å². The number of hydrogen-bond donors (Lipinski definition) is 2. The minimum Gasteiger partial charge on any atom is -0.393 e. The summed E-state index contributed by atoms with van der Waals surface area (Å²) in [5, 5.41) is 18.7. The normalized spacial score (nSPS) is 46.8. The molecule has 4 nitrogen and oxygen atoms in total. The summed E-state index contributed by atoms with van der Waals surface area (Å²) in [5.74, 6) is -0.737. The monoisotopic (exact) mass is 186 g/mol. The van der Waals surface area contributed by atoms with Crippen LogP contribution >= 0.6 is 0 Å². The molecule has 0 aromatic carbocycles. The average Bonchev–Trinajstić information content (AvgIpc) is 2.47. The lowest BCUT2D eigenvalue weighted by molar-refractivity contribution is -0.165. The molecule has 3 atom stereocenters. The lowest BCUT2D eigenvalue weighted by Crippen LogP contribution is -2.43. The number of rotatable bonds is 1. The highest BCUT2D eigenvalue weighted by Gasteiger charge is 2.56. The molecule has 0 radical (unpaired) electrons. The van der Waals surface area contributed by atoms with Gasteiger partial charge in [0.1, 0.15) is 17.8 Å². The number of hydrogen-bond acceptors (Lipinski definition) is 4. The molecular weight excluding hydrogens is 172 g/mol. The Labute approximate surface area is 76.8 Å². The Morgan fingerprint density at radius 3 is 2.69 bits per heavy atom. The summed E-state index contributed by atoms with van der Waals surface area (Å²) in [5.41, 5.74) is -0.844. The van der Waals surface area contributed by atoms with Gasteiger partial charge < -0.3 is 19.7 Å². The van der Waals surface area contributed by atoms with Crippen LogP contribution in [0.2, 0.25) is 0 Å². The van der Waals surface area contributed by atoms with Crippen LogP contribution in [0.25, 0.3) is 0 Å². The second-order valence-electron chi connectivity index (χ2n) is 4.00. The first-order chi connectivity index (χ1) is 5.99. The molecule has 1 aliphatic carbocycles. The third-order valence-corrected chi connectivity index (χ3v) is 2.46. The summed E-state index contributed by atoms with van der Waals surface area (Å²) in [4.78, 5) is 0. The van der Waals surface area contributed by atoms with Gasteiger partial charge in [-0.1, -0.05) is 6.08 Å².